The number of aryl methyl sites for hydroxylation is 2. The van der Waals surface area contributed by atoms with E-state index in [1.165, 1.54) is 11.3 Å². The number of ether oxygens (including phenoxy) is 1. The van der Waals surface area contributed by atoms with Crippen LogP contribution in [0.5, 0.6) is 0 Å². The number of halogens is 1. The summed E-state index contributed by atoms with van der Waals surface area (Å²) in [5.74, 6) is -0.807. The molecule has 1 aromatic carbocycles. The Hall–Kier alpha value is -1.41. The van der Waals surface area contributed by atoms with Crippen LogP contribution in [-0.4, -0.2) is 18.5 Å². The molecule has 2 rings (SSSR count). The van der Waals surface area contributed by atoms with Crippen LogP contribution in [0, 0.1) is 17.4 Å². The van der Waals surface area contributed by atoms with Gasteiger partial charge >= 0.3 is 5.97 Å². The molecule has 1 aromatic heterocycles. The second-order valence-electron chi connectivity index (χ2n) is 4.52. The van der Waals surface area contributed by atoms with Gasteiger partial charge in [-0.1, -0.05) is 0 Å². The van der Waals surface area contributed by atoms with Gasteiger partial charge in [-0.25, -0.2) is 4.79 Å². The number of thiophene rings is 1. The molecule has 4 nitrogen and oxygen atoms in total. The Morgan fingerprint density at radius 1 is 1.24 bits per heavy atom. The standard InChI is InChI=1S/C15H14INO3S/c1-9-5-6-21-14(9)15(19)20-8-13(18)17-12-4-3-11(16)7-10(12)2/h3-7H,8H2,1-2H3,(H,17,18). The number of esters is 1. The maximum atomic E-state index is 11.8. The molecular weight excluding hydrogens is 401 g/mol. The molecule has 1 heterocycles. The molecule has 2 aromatic rings. The van der Waals surface area contributed by atoms with Gasteiger partial charge in [-0.2, -0.15) is 0 Å². The molecule has 0 saturated heterocycles. The number of hydrogen-bond acceptors (Lipinski definition) is 4. The molecule has 0 radical (unpaired) electrons. The van der Waals surface area contributed by atoms with Crippen LogP contribution in [0.2, 0.25) is 0 Å². The van der Waals surface area contributed by atoms with Crippen LogP contribution in [-0.2, 0) is 9.53 Å². The highest BCUT2D eigenvalue weighted by Crippen LogP contribution is 2.18. The molecule has 1 amide bonds. The summed E-state index contributed by atoms with van der Waals surface area (Å²) in [5.41, 5.74) is 2.55. The predicted molar refractivity (Wildman–Crippen MR) is 91.9 cm³/mol. The molecule has 0 spiro atoms. The van der Waals surface area contributed by atoms with Crippen molar-refractivity contribution in [3.8, 4) is 0 Å². The minimum atomic E-state index is -0.461. The number of benzene rings is 1. The largest absolute Gasteiger partial charge is 0.451 e. The first-order valence-corrected chi connectivity index (χ1v) is 8.20. The van der Waals surface area contributed by atoms with E-state index in [1.807, 2.05) is 43.5 Å². The second kappa shape index (κ2) is 7.04. The van der Waals surface area contributed by atoms with Gasteiger partial charge < -0.3 is 10.1 Å². The zero-order chi connectivity index (χ0) is 15.4. The molecule has 110 valence electrons. The first-order chi connectivity index (χ1) is 9.97. The molecule has 0 unspecified atom stereocenters. The smallest absolute Gasteiger partial charge is 0.349 e. The van der Waals surface area contributed by atoms with E-state index in [9.17, 15) is 9.59 Å². The highest BCUT2D eigenvalue weighted by atomic mass is 127. The minimum Gasteiger partial charge on any atom is -0.451 e. The Balaban J connectivity index is 1.90. The Bertz CT molecular complexity index is 681. The third-order valence-corrected chi connectivity index (χ3v) is 4.51. The lowest BCUT2D eigenvalue weighted by Crippen LogP contribution is -2.21. The van der Waals surface area contributed by atoms with Crippen molar-refractivity contribution in [2.24, 2.45) is 0 Å². The Kier molecular flexibility index (Phi) is 5.35. The highest BCUT2D eigenvalue weighted by Gasteiger charge is 2.14. The average Bonchev–Trinajstić information content (AvgIpc) is 2.85. The molecule has 21 heavy (non-hydrogen) atoms. The van der Waals surface area contributed by atoms with Crippen molar-refractivity contribution in [2.75, 3.05) is 11.9 Å². The molecular formula is C15H14INO3S. The number of carbonyl (C=O) groups excluding carboxylic acids is 2. The van der Waals surface area contributed by atoms with Gasteiger partial charge in [0.15, 0.2) is 6.61 Å². The summed E-state index contributed by atoms with van der Waals surface area (Å²) in [6.45, 7) is 3.46. The first-order valence-electron chi connectivity index (χ1n) is 6.24. The van der Waals surface area contributed by atoms with Crippen LogP contribution >= 0.6 is 33.9 Å². The topological polar surface area (TPSA) is 55.4 Å². The van der Waals surface area contributed by atoms with Gasteiger partial charge in [-0.3, -0.25) is 4.79 Å². The van der Waals surface area contributed by atoms with Crippen molar-refractivity contribution in [3.63, 3.8) is 0 Å². The summed E-state index contributed by atoms with van der Waals surface area (Å²) < 4.78 is 6.12. The normalized spacial score (nSPS) is 10.2. The quantitative estimate of drug-likeness (QED) is 0.611. The summed E-state index contributed by atoms with van der Waals surface area (Å²) in [4.78, 5) is 24.2. The van der Waals surface area contributed by atoms with Crippen molar-refractivity contribution in [3.05, 3.63) is 49.2 Å². The monoisotopic (exact) mass is 415 g/mol. The van der Waals surface area contributed by atoms with Crippen molar-refractivity contribution >= 4 is 51.5 Å². The third kappa shape index (κ3) is 4.28. The van der Waals surface area contributed by atoms with Crippen LogP contribution in [0.1, 0.15) is 20.8 Å². The van der Waals surface area contributed by atoms with E-state index >= 15 is 0 Å². The maximum absolute atomic E-state index is 11.8. The van der Waals surface area contributed by atoms with E-state index in [0.29, 0.717) is 4.88 Å². The number of hydrogen-bond donors (Lipinski definition) is 1. The number of amides is 1. The van der Waals surface area contributed by atoms with Gasteiger partial charge in [0.25, 0.3) is 5.91 Å². The lowest BCUT2D eigenvalue weighted by molar-refractivity contribution is -0.119. The molecule has 0 bridgehead atoms. The van der Waals surface area contributed by atoms with Crippen LogP contribution < -0.4 is 5.32 Å². The van der Waals surface area contributed by atoms with Crippen LogP contribution in [0.4, 0.5) is 5.69 Å². The molecule has 0 aliphatic rings. The fourth-order valence-electron chi connectivity index (χ4n) is 1.73. The van der Waals surface area contributed by atoms with Crippen LogP contribution in [0.15, 0.2) is 29.6 Å². The second-order valence-corrected chi connectivity index (χ2v) is 6.68. The highest BCUT2D eigenvalue weighted by molar-refractivity contribution is 14.1. The Labute approximate surface area is 140 Å². The van der Waals surface area contributed by atoms with Crippen LogP contribution in [0.3, 0.4) is 0 Å². The number of rotatable bonds is 4. The van der Waals surface area contributed by atoms with Gasteiger partial charge in [-0.05, 0) is 77.2 Å². The van der Waals surface area contributed by atoms with Gasteiger partial charge in [0.05, 0.1) is 0 Å². The summed E-state index contributed by atoms with van der Waals surface area (Å²) in [6, 6.07) is 7.55. The molecule has 0 saturated carbocycles. The van der Waals surface area contributed by atoms with Crippen molar-refractivity contribution in [1.82, 2.24) is 0 Å². The predicted octanol–water partition coefficient (Wildman–Crippen LogP) is 3.77. The summed E-state index contributed by atoms with van der Waals surface area (Å²) >= 11 is 3.52. The Morgan fingerprint density at radius 2 is 2.00 bits per heavy atom. The van der Waals surface area contributed by atoms with E-state index in [4.69, 9.17) is 4.74 Å². The van der Waals surface area contributed by atoms with E-state index < -0.39 is 5.97 Å². The van der Waals surface area contributed by atoms with Crippen molar-refractivity contribution in [2.45, 2.75) is 13.8 Å². The molecule has 6 heteroatoms. The van der Waals surface area contributed by atoms with Gasteiger partial charge in [0.1, 0.15) is 4.88 Å². The number of anilines is 1. The molecule has 0 aliphatic carbocycles. The van der Waals surface area contributed by atoms with E-state index in [0.717, 1.165) is 20.4 Å². The van der Waals surface area contributed by atoms with Gasteiger partial charge in [0, 0.05) is 9.26 Å². The van der Waals surface area contributed by atoms with E-state index in [2.05, 4.69) is 27.9 Å². The third-order valence-electron chi connectivity index (χ3n) is 2.84. The molecule has 0 atom stereocenters. The molecule has 0 fully saturated rings. The SMILES string of the molecule is Cc1cc(I)ccc1NC(=O)COC(=O)c1sccc1C. The van der Waals surface area contributed by atoms with Gasteiger partial charge in [0.2, 0.25) is 0 Å². The zero-order valence-electron chi connectivity index (χ0n) is 11.6. The lowest BCUT2D eigenvalue weighted by atomic mass is 10.2. The maximum Gasteiger partial charge on any atom is 0.349 e. The van der Waals surface area contributed by atoms with E-state index in [1.54, 1.807) is 0 Å². The van der Waals surface area contributed by atoms with E-state index in [-0.39, 0.29) is 12.5 Å². The first kappa shape index (κ1) is 16.0. The van der Waals surface area contributed by atoms with Gasteiger partial charge in [-0.15, -0.1) is 11.3 Å². The number of carbonyl (C=O) groups is 2. The molecule has 1 N–H and O–H groups in total. The van der Waals surface area contributed by atoms with Crippen molar-refractivity contribution in [1.29, 1.82) is 0 Å². The van der Waals surface area contributed by atoms with Crippen molar-refractivity contribution < 1.29 is 14.3 Å². The summed E-state index contributed by atoms with van der Waals surface area (Å²) in [5, 5.41) is 4.56. The fourth-order valence-corrected chi connectivity index (χ4v) is 3.20. The fraction of sp³-hybridized carbons (Fsp3) is 0.200. The Morgan fingerprint density at radius 3 is 2.62 bits per heavy atom. The number of nitrogens with one attached hydrogen (secondary N) is 1. The summed E-state index contributed by atoms with van der Waals surface area (Å²) in [6.07, 6.45) is 0. The summed E-state index contributed by atoms with van der Waals surface area (Å²) in [7, 11) is 0. The lowest BCUT2D eigenvalue weighted by Gasteiger charge is -2.09. The zero-order valence-corrected chi connectivity index (χ0v) is 14.6. The van der Waals surface area contributed by atoms with Crippen LogP contribution in [0.25, 0.3) is 0 Å². The minimum absolute atomic E-state index is 0.290. The molecule has 0 aliphatic heterocycles. The average molecular weight is 415 g/mol.